The Balaban J connectivity index is 2.00. The minimum absolute atomic E-state index is 0.120. The molecule has 126 valence electrons. The van der Waals surface area contributed by atoms with Gasteiger partial charge in [-0.15, -0.1) is 0 Å². The van der Waals surface area contributed by atoms with Gasteiger partial charge in [0.2, 0.25) is 0 Å². The van der Waals surface area contributed by atoms with Crippen molar-refractivity contribution in [1.29, 1.82) is 0 Å². The van der Waals surface area contributed by atoms with Crippen molar-refractivity contribution in [2.75, 3.05) is 11.9 Å². The molecule has 0 aliphatic carbocycles. The number of para-hydroxylation sites is 1. The van der Waals surface area contributed by atoms with Crippen molar-refractivity contribution < 1.29 is 24.5 Å². The second-order valence-corrected chi connectivity index (χ2v) is 5.29. The molecule has 0 atom stereocenters. The minimum Gasteiger partial charge on any atom is -0.508 e. The van der Waals surface area contributed by atoms with Crippen LogP contribution in [0, 0.1) is 6.92 Å². The molecule has 0 aliphatic rings. The second-order valence-electron chi connectivity index (χ2n) is 5.29. The van der Waals surface area contributed by atoms with Crippen molar-refractivity contribution in [2.45, 2.75) is 20.3 Å². The number of anilines is 1. The number of amides is 1. The van der Waals surface area contributed by atoms with E-state index in [0.717, 1.165) is 23.6 Å². The highest BCUT2D eigenvalue weighted by Gasteiger charge is 2.16. The van der Waals surface area contributed by atoms with Crippen LogP contribution in [0.2, 0.25) is 0 Å². The fraction of sp³-hybridized carbons (Fsp3) is 0.222. The third-order valence-electron chi connectivity index (χ3n) is 3.54. The molecule has 1 amide bonds. The first kappa shape index (κ1) is 17.3. The Labute approximate surface area is 139 Å². The number of aromatic hydroxyl groups is 2. The topological polar surface area (TPSA) is 95.9 Å². The first-order chi connectivity index (χ1) is 11.4. The highest BCUT2D eigenvalue weighted by molar-refractivity contribution is 5.97. The molecule has 3 N–H and O–H groups in total. The molecule has 2 aromatic rings. The summed E-state index contributed by atoms with van der Waals surface area (Å²) in [5.41, 5.74) is 2.51. The predicted octanol–water partition coefficient (Wildman–Crippen LogP) is 2.76. The SMILES string of the molecule is CCc1cccc(C)c1NC(=O)COC(=O)c1ccc(O)cc1O. The summed E-state index contributed by atoms with van der Waals surface area (Å²) < 4.78 is 4.90. The van der Waals surface area contributed by atoms with Crippen molar-refractivity contribution >= 4 is 17.6 Å². The van der Waals surface area contributed by atoms with Crippen LogP contribution < -0.4 is 5.32 Å². The smallest absolute Gasteiger partial charge is 0.342 e. The first-order valence-electron chi connectivity index (χ1n) is 7.49. The van der Waals surface area contributed by atoms with Gasteiger partial charge in [0.05, 0.1) is 0 Å². The van der Waals surface area contributed by atoms with Gasteiger partial charge in [-0.2, -0.15) is 0 Å². The summed E-state index contributed by atoms with van der Waals surface area (Å²) in [6.07, 6.45) is 0.762. The number of benzene rings is 2. The van der Waals surface area contributed by atoms with Crippen molar-refractivity contribution in [1.82, 2.24) is 0 Å². The van der Waals surface area contributed by atoms with Crippen LogP contribution in [0.15, 0.2) is 36.4 Å². The zero-order valence-electron chi connectivity index (χ0n) is 13.5. The van der Waals surface area contributed by atoms with E-state index in [-0.39, 0.29) is 11.3 Å². The van der Waals surface area contributed by atoms with Crippen LogP contribution in [-0.4, -0.2) is 28.7 Å². The third kappa shape index (κ3) is 4.04. The number of nitrogens with one attached hydrogen (secondary N) is 1. The quantitative estimate of drug-likeness (QED) is 0.733. The van der Waals surface area contributed by atoms with Crippen LogP contribution >= 0.6 is 0 Å². The fourth-order valence-electron chi connectivity index (χ4n) is 2.28. The molecule has 0 saturated carbocycles. The van der Waals surface area contributed by atoms with Crippen molar-refractivity contribution in [3.05, 3.63) is 53.1 Å². The molecular formula is C18H19NO5. The Morgan fingerprint density at radius 2 is 1.92 bits per heavy atom. The lowest BCUT2D eigenvalue weighted by atomic mass is 10.1. The Hall–Kier alpha value is -3.02. The zero-order valence-corrected chi connectivity index (χ0v) is 13.5. The number of rotatable bonds is 5. The molecule has 0 unspecified atom stereocenters. The van der Waals surface area contributed by atoms with Crippen LogP contribution in [0.25, 0.3) is 0 Å². The largest absolute Gasteiger partial charge is 0.508 e. The van der Waals surface area contributed by atoms with E-state index < -0.39 is 24.2 Å². The Morgan fingerprint density at radius 1 is 1.17 bits per heavy atom. The summed E-state index contributed by atoms with van der Waals surface area (Å²) in [5.74, 6) is -1.89. The number of phenolic OH excluding ortho intramolecular Hbond substituents is 2. The van der Waals surface area contributed by atoms with Crippen LogP contribution in [-0.2, 0) is 16.0 Å². The number of hydrogen-bond donors (Lipinski definition) is 3. The summed E-state index contributed by atoms with van der Waals surface area (Å²) in [7, 11) is 0. The monoisotopic (exact) mass is 329 g/mol. The molecular weight excluding hydrogens is 310 g/mol. The molecule has 6 heteroatoms. The van der Waals surface area contributed by atoms with E-state index in [1.165, 1.54) is 12.1 Å². The molecule has 0 heterocycles. The van der Waals surface area contributed by atoms with Crippen molar-refractivity contribution in [2.24, 2.45) is 0 Å². The highest BCUT2D eigenvalue weighted by Crippen LogP contribution is 2.23. The molecule has 0 spiro atoms. The van der Waals surface area contributed by atoms with Gasteiger partial charge < -0.3 is 20.3 Å². The van der Waals surface area contributed by atoms with Gasteiger partial charge in [0.1, 0.15) is 17.1 Å². The molecule has 0 saturated heterocycles. The molecule has 24 heavy (non-hydrogen) atoms. The molecule has 0 aromatic heterocycles. The Bertz CT molecular complexity index is 770. The van der Waals surface area contributed by atoms with Crippen LogP contribution in [0.1, 0.15) is 28.4 Å². The first-order valence-corrected chi connectivity index (χ1v) is 7.49. The van der Waals surface area contributed by atoms with E-state index in [2.05, 4.69) is 5.32 Å². The highest BCUT2D eigenvalue weighted by atomic mass is 16.5. The maximum atomic E-state index is 12.0. The van der Waals surface area contributed by atoms with Gasteiger partial charge in [0.15, 0.2) is 6.61 Å². The van der Waals surface area contributed by atoms with E-state index >= 15 is 0 Å². The summed E-state index contributed by atoms with van der Waals surface area (Å²) in [4.78, 5) is 23.9. The summed E-state index contributed by atoms with van der Waals surface area (Å²) in [6, 6.07) is 9.21. The molecule has 2 rings (SSSR count). The number of hydrogen-bond acceptors (Lipinski definition) is 5. The second kappa shape index (κ2) is 7.50. The maximum Gasteiger partial charge on any atom is 0.342 e. The Kier molecular flexibility index (Phi) is 5.42. The van der Waals surface area contributed by atoms with Gasteiger partial charge in [-0.05, 0) is 36.6 Å². The molecule has 2 aromatic carbocycles. The predicted molar refractivity (Wildman–Crippen MR) is 89.2 cm³/mol. The molecule has 0 fully saturated rings. The van der Waals surface area contributed by atoms with Gasteiger partial charge in [0, 0.05) is 11.8 Å². The van der Waals surface area contributed by atoms with E-state index in [4.69, 9.17) is 4.74 Å². The number of aryl methyl sites for hydroxylation is 2. The maximum absolute atomic E-state index is 12.0. The zero-order chi connectivity index (χ0) is 17.7. The van der Waals surface area contributed by atoms with Crippen molar-refractivity contribution in [3.63, 3.8) is 0 Å². The van der Waals surface area contributed by atoms with Gasteiger partial charge in [-0.1, -0.05) is 25.1 Å². The standard InChI is InChI=1S/C18H19NO5/c1-3-12-6-4-5-11(2)17(12)19-16(22)10-24-18(23)14-8-7-13(20)9-15(14)21/h4-9,20-21H,3,10H2,1-2H3,(H,19,22). The summed E-state index contributed by atoms with van der Waals surface area (Å²) in [6.45, 7) is 3.39. The van der Waals surface area contributed by atoms with Gasteiger partial charge >= 0.3 is 5.97 Å². The molecule has 0 bridgehead atoms. The average Bonchev–Trinajstić information content (AvgIpc) is 2.54. The van der Waals surface area contributed by atoms with Crippen LogP contribution in [0.5, 0.6) is 11.5 Å². The fourth-order valence-corrected chi connectivity index (χ4v) is 2.28. The van der Waals surface area contributed by atoms with Gasteiger partial charge in [-0.25, -0.2) is 4.79 Å². The van der Waals surface area contributed by atoms with Gasteiger partial charge in [-0.3, -0.25) is 4.79 Å². The number of ether oxygens (including phenoxy) is 1. The summed E-state index contributed by atoms with van der Waals surface area (Å²) >= 11 is 0. The number of phenols is 2. The minimum atomic E-state index is -0.844. The third-order valence-corrected chi connectivity index (χ3v) is 3.54. The van der Waals surface area contributed by atoms with E-state index in [1.807, 2.05) is 32.0 Å². The lowest BCUT2D eigenvalue weighted by molar-refractivity contribution is -0.119. The average molecular weight is 329 g/mol. The number of carbonyl (C=O) groups excluding carboxylic acids is 2. The van der Waals surface area contributed by atoms with E-state index in [0.29, 0.717) is 5.69 Å². The lowest BCUT2D eigenvalue weighted by Crippen LogP contribution is -2.22. The van der Waals surface area contributed by atoms with Crippen molar-refractivity contribution in [3.8, 4) is 11.5 Å². The summed E-state index contributed by atoms with van der Waals surface area (Å²) in [5, 5.41) is 21.5. The molecule has 0 aliphatic heterocycles. The number of carbonyl (C=O) groups is 2. The normalized spacial score (nSPS) is 10.2. The van der Waals surface area contributed by atoms with E-state index in [1.54, 1.807) is 0 Å². The van der Waals surface area contributed by atoms with Crippen LogP contribution in [0.3, 0.4) is 0 Å². The lowest BCUT2D eigenvalue weighted by Gasteiger charge is -2.13. The number of esters is 1. The van der Waals surface area contributed by atoms with Crippen LogP contribution in [0.4, 0.5) is 5.69 Å². The van der Waals surface area contributed by atoms with E-state index in [9.17, 15) is 19.8 Å². The molecule has 0 radical (unpaired) electrons. The molecule has 6 nitrogen and oxygen atoms in total. The van der Waals surface area contributed by atoms with Gasteiger partial charge in [0.25, 0.3) is 5.91 Å². The Morgan fingerprint density at radius 3 is 2.58 bits per heavy atom.